The summed E-state index contributed by atoms with van der Waals surface area (Å²) in [7, 11) is 1.99. The summed E-state index contributed by atoms with van der Waals surface area (Å²) >= 11 is 3.54. The van der Waals surface area contributed by atoms with Gasteiger partial charge in [-0.15, -0.1) is 0 Å². The number of hydrogen-bond acceptors (Lipinski definition) is 2. The number of benzene rings is 1. The van der Waals surface area contributed by atoms with Crippen molar-refractivity contribution in [1.29, 1.82) is 0 Å². The molecule has 17 heavy (non-hydrogen) atoms. The Morgan fingerprint density at radius 2 is 2.06 bits per heavy atom. The maximum Gasteiger partial charge on any atom is 0.123 e. The Balaban J connectivity index is 3.03. The van der Waals surface area contributed by atoms with Gasteiger partial charge < -0.3 is 10.1 Å². The van der Waals surface area contributed by atoms with Crippen molar-refractivity contribution < 1.29 is 4.74 Å². The molecule has 1 aromatic rings. The molecule has 0 atom stereocenters. The first-order chi connectivity index (χ1) is 8.01. The fourth-order valence-corrected chi connectivity index (χ4v) is 2.25. The van der Waals surface area contributed by atoms with Gasteiger partial charge in [0, 0.05) is 10.0 Å². The Kier molecular flexibility index (Phi) is 5.47. The predicted octanol–water partition coefficient (Wildman–Crippen LogP) is 3.73. The van der Waals surface area contributed by atoms with Gasteiger partial charge in [0.05, 0.1) is 6.61 Å². The Hall–Kier alpha value is -0.540. The average molecular weight is 300 g/mol. The third-order valence-electron chi connectivity index (χ3n) is 2.97. The molecule has 0 saturated carbocycles. The Morgan fingerprint density at radius 1 is 1.35 bits per heavy atom. The van der Waals surface area contributed by atoms with Gasteiger partial charge in [0.25, 0.3) is 0 Å². The standard InChI is InChI=1S/C14H22BrNO/c1-5-17-13-7-6-11(15)10-12(13)14(2,3)8-9-16-4/h6-7,10,16H,5,8-9H2,1-4H3. The van der Waals surface area contributed by atoms with Crippen LogP contribution in [0.3, 0.4) is 0 Å². The number of hydrogen-bond donors (Lipinski definition) is 1. The van der Waals surface area contributed by atoms with Gasteiger partial charge in [0.15, 0.2) is 0 Å². The quantitative estimate of drug-likeness (QED) is 0.864. The van der Waals surface area contributed by atoms with E-state index in [0.717, 1.165) is 23.2 Å². The lowest BCUT2D eigenvalue weighted by Gasteiger charge is -2.27. The fourth-order valence-electron chi connectivity index (χ4n) is 1.88. The maximum atomic E-state index is 5.72. The molecule has 0 bridgehead atoms. The van der Waals surface area contributed by atoms with E-state index >= 15 is 0 Å². The van der Waals surface area contributed by atoms with Gasteiger partial charge in [-0.3, -0.25) is 0 Å². The summed E-state index contributed by atoms with van der Waals surface area (Å²) in [6.45, 7) is 8.25. The molecule has 0 aromatic heterocycles. The molecule has 96 valence electrons. The smallest absolute Gasteiger partial charge is 0.123 e. The lowest BCUT2D eigenvalue weighted by Crippen LogP contribution is -2.24. The van der Waals surface area contributed by atoms with Gasteiger partial charge in [0.1, 0.15) is 5.75 Å². The highest BCUT2D eigenvalue weighted by atomic mass is 79.9. The van der Waals surface area contributed by atoms with Crippen molar-refractivity contribution in [3.8, 4) is 5.75 Å². The van der Waals surface area contributed by atoms with Crippen LogP contribution in [0, 0.1) is 0 Å². The molecule has 0 saturated heterocycles. The zero-order valence-corrected chi connectivity index (χ0v) is 12.7. The van der Waals surface area contributed by atoms with E-state index in [4.69, 9.17) is 4.74 Å². The van der Waals surface area contributed by atoms with Crippen LogP contribution in [0.4, 0.5) is 0 Å². The number of ether oxygens (including phenoxy) is 1. The van der Waals surface area contributed by atoms with Crippen LogP contribution in [-0.4, -0.2) is 20.2 Å². The third kappa shape index (κ3) is 4.00. The highest BCUT2D eigenvalue weighted by Gasteiger charge is 2.24. The summed E-state index contributed by atoms with van der Waals surface area (Å²) in [5.74, 6) is 0.997. The minimum Gasteiger partial charge on any atom is -0.494 e. The molecule has 0 heterocycles. The molecule has 2 nitrogen and oxygen atoms in total. The molecule has 0 amide bonds. The first kappa shape index (κ1) is 14.5. The van der Waals surface area contributed by atoms with E-state index in [0.29, 0.717) is 6.61 Å². The number of nitrogens with one attached hydrogen (secondary N) is 1. The maximum absolute atomic E-state index is 5.72. The van der Waals surface area contributed by atoms with E-state index < -0.39 is 0 Å². The van der Waals surface area contributed by atoms with Crippen molar-refractivity contribution in [2.75, 3.05) is 20.2 Å². The summed E-state index contributed by atoms with van der Waals surface area (Å²) in [5, 5.41) is 3.21. The summed E-state index contributed by atoms with van der Waals surface area (Å²) < 4.78 is 6.82. The summed E-state index contributed by atoms with van der Waals surface area (Å²) in [5.41, 5.74) is 1.38. The van der Waals surface area contributed by atoms with E-state index in [1.54, 1.807) is 0 Å². The average Bonchev–Trinajstić information content (AvgIpc) is 2.29. The molecule has 0 fully saturated rings. The normalized spacial score (nSPS) is 11.6. The van der Waals surface area contributed by atoms with Crippen LogP contribution in [0.1, 0.15) is 32.8 Å². The first-order valence-electron chi connectivity index (χ1n) is 6.08. The highest BCUT2D eigenvalue weighted by Crippen LogP contribution is 2.36. The molecule has 0 spiro atoms. The van der Waals surface area contributed by atoms with Crippen LogP contribution >= 0.6 is 15.9 Å². The molecule has 0 radical (unpaired) electrons. The second-order valence-electron chi connectivity index (χ2n) is 4.81. The topological polar surface area (TPSA) is 21.3 Å². The summed E-state index contributed by atoms with van der Waals surface area (Å²) in [6.07, 6.45) is 1.08. The van der Waals surface area contributed by atoms with E-state index in [1.807, 2.05) is 26.1 Å². The predicted molar refractivity (Wildman–Crippen MR) is 76.9 cm³/mol. The van der Waals surface area contributed by atoms with Crippen LogP contribution in [0.5, 0.6) is 5.75 Å². The van der Waals surface area contributed by atoms with Crippen LogP contribution < -0.4 is 10.1 Å². The van der Waals surface area contributed by atoms with Crippen LogP contribution in [-0.2, 0) is 5.41 Å². The van der Waals surface area contributed by atoms with Gasteiger partial charge in [0.2, 0.25) is 0 Å². The minimum atomic E-state index is 0.108. The lowest BCUT2D eigenvalue weighted by molar-refractivity contribution is 0.324. The molecule has 3 heteroatoms. The van der Waals surface area contributed by atoms with E-state index in [-0.39, 0.29) is 5.41 Å². The molecule has 0 aliphatic heterocycles. The monoisotopic (exact) mass is 299 g/mol. The number of rotatable bonds is 6. The second kappa shape index (κ2) is 6.41. The fraction of sp³-hybridized carbons (Fsp3) is 0.571. The molecule has 0 unspecified atom stereocenters. The second-order valence-corrected chi connectivity index (χ2v) is 5.73. The van der Waals surface area contributed by atoms with Crippen LogP contribution in [0.2, 0.25) is 0 Å². The summed E-state index contributed by atoms with van der Waals surface area (Å²) in [4.78, 5) is 0. The van der Waals surface area contributed by atoms with Crippen molar-refractivity contribution in [2.24, 2.45) is 0 Å². The van der Waals surface area contributed by atoms with Crippen molar-refractivity contribution >= 4 is 15.9 Å². The molecule has 0 aliphatic carbocycles. The minimum absolute atomic E-state index is 0.108. The molecule has 0 aliphatic rings. The first-order valence-corrected chi connectivity index (χ1v) is 6.88. The van der Waals surface area contributed by atoms with Gasteiger partial charge in [-0.1, -0.05) is 29.8 Å². The third-order valence-corrected chi connectivity index (χ3v) is 3.46. The van der Waals surface area contributed by atoms with E-state index in [9.17, 15) is 0 Å². The molecular weight excluding hydrogens is 278 g/mol. The highest BCUT2D eigenvalue weighted by molar-refractivity contribution is 9.10. The number of halogens is 1. The van der Waals surface area contributed by atoms with E-state index in [1.165, 1.54) is 5.56 Å². The van der Waals surface area contributed by atoms with Crippen LogP contribution in [0.15, 0.2) is 22.7 Å². The van der Waals surface area contributed by atoms with Crippen molar-refractivity contribution in [1.82, 2.24) is 5.32 Å². The van der Waals surface area contributed by atoms with Crippen molar-refractivity contribution in [2.45, 2.75) is 32.6 Å². The van der Waals surface area contributed by atoms with Gasteiger partial charge in [-0.2, -0.15) is 0 Å². The molecule has 1 rings (SSSR count). The Labute approximate surface area is 113 Å². The van der Waals surface area contributed by atoms with Gasteiger partial charge in [-0.25, -0.2) is 0 Å². The molecule has 1 N–H and O–H groups in total. The van der Waals surface area contributed by atoms with Crippen molar-refractivity contribution in [3.63, 3.8) is 0 Å². The Morgan fingerprint density at radius 3 is 2.65 bits per heavy atom. The molecule has 1 aromatic carbocycles. The van der Waals surface area contributed by atoms with Gasteiger partial charge >= 0.3 is 0 Å². The lowest BCUT2D eigenvalue weighted by atomic mass is 9.81. The summed E-state index contributed by atoms with van der Waals surface area (Å²) in [6, 6.07) is 6.24. The zero-order chi connectivity index (χ0) is 12.9. The van der Waals surface area contributed by atoms with Crippen LogP contribution in [0.25, 0.3) is 0 Å². The Bertz CT molecular complexity index is 363. The van der Waals surface area contributed by atoms with E-state index in [2.05, 4.69) is 41.2 Å². The molecular formula is C14H22BrNO. The van der Waals surface area contributed by atoms with Gasteiger partial charge in [-0.05, 0) is 50.6 Å². The SMILES string of the molecule is CCOc1ccc(Br)cc1C(C)(C)CCNC. The van der Waals surface area contributed by atoms with Crippen molar-refractivity contribution in [3.05, 3.63) is 28.2 Å². The zero-order valence-electron chi connectivity index (χ0n) is 11.1. The largest absolute Gasteiger partial charge is 0.494 e.